The molecule has 0 radical (unpaired) electrons. The first-order chi connectivity index (χ1) is 9.66. The second-order valence-electron chi connectivity index (χ2n) is 5.39. The van der Waals surface area contributed by atoms with E-state index in [0.717, 1.165) is 6.54 Å². The summed E-state index contributed by atoms with van der Waals surface area (Å²) in [6.45, 7) is 3.17. The lowest BCUT2D eigenvalue weighted by atomic mass is 10.0. The van der Waals surface area contributed by atoms with Crippen LogP contribution in [0.2, 0.25) is 0 Å². The quantitative estimate of drug-likeness (QED) is 0.873. The van der Waals surface area contributed by atoms with Crippen molar-refractivity contribution in [3.05, 3.63) is 66.0 Å². The normalized spacial score (nSPS) is 14.2. The van der Waals surface area contributed by atoms with Crippen molar-refractivity contribution in [1.29, 1.82) is 0 Å². The van der Waals surface area contributed by atoms with Crippen LogP contribution in [0, 0.1) is 0 Å². The Bertz CT molecular complexity index is 496. The van der Waals surface area contributed by atoms with E-state index < -0.39 is 0 Å². The van der Waals surface area contributed by atoms with Crippen LogP contribution in [0.25, 0.3) is 0 Å². The predicted molar refractivity (Wildman–Crippen MR) is 83.5 cm³/mol. The van der Waals surface area contributed by atoms with E-state index in [1.54, 1.807) is 0 Å². The molecule has 0 spiro atoms. The van der Waals surface area contributed by atoms with E-state index in [-0.39, 0.29) is 0 Å². The van der Waals surface area contributed by atoms with Crippen LogP contribution in [0.4, 0.5) is 0 Å². The highest BCUT2D eigenvalue weighted by Gasteiger charge is 2.15. The third-order valence-corrected chi connectivity index (χ3v) is 3.41. The Morgan fingerprint density at radius 3 is 2.25 bits per heavy atom. The van der Waals surface area contributed by atoms with E-state index >= 15 is 0 Å². The highest BCUT2D eigenvalue weighted by atomic mass is 15.1. The molecule has 1 N–H and O–H groups in total. The molecule has 2 atom stereocenters. The van der Waals surface area contributed by atoms with Gasteiger partial charge in [0.25, 0.3) is 0 Å². The second kappa shape index (κ2) is 7.17. The lowest BCUT2D eigenvalue weighted by Crippen LogP contribution is -2.32. The molecule has 0 bridgehead atoms. The maximum absolute atomic E-state index is 4.08. The zero-order valence-electron chi connectivity index (χ0n) is 12.5. The van der Waals surface area contributed by atoms with E-state index in [4.69, 9.17) is 0 Å². The van der Waals surface area contributed by atoms with Crippen LogP contribution in [0.5, 0.6) is 0 Å². The molecule has 20 heavy (non-hydrogen) atoms. The minimum Gasteiger partial charge on any atom is -0.308 e. The van der Waals surface area contributed by atoms with Gasteiger partial charge in [0.2, 0.25) is 0 Å². The maximum atomic E-state index is 4.08. The van der Waals surface area contributed by atoms with Crippen LogP contribution in [0.1, 0.15) is 30.1 Å². The van der Waals surface area contributed by atoms with Crippen LogP contribution in [-0.4, -0.2) is 30.5 Å². The van der Waals surface area contributed by atoms with Crippen molar-refractivity contribution in [3.63, 3.8) is 0 Å². The Balaban J connectivity index is 2.12. The molecule has 2 aromatic rings. The molecule has 1 aromatic heterocycles. The fourth-order valence-electron chi connectivity index (χ4n) is 2.35. The summed E-state index contributed by atoms with van der Waals surface area (Å²) in [7, 11) is 4.21. The molecule has 0 aliphatic heterocycles. The van der Waals surface area contributed by atoms with E-state index in [1.165, 1.54) is 11.1 Å². The lowest BCUT2D eigenvalue weighted by molar-refractivity contribution is 0.325. The fraction of sp³-hybridized carbons (Fsp3) is 0.353. The largest absolute Gasteiger partial charge is 0.308 e. The first-order valence-corrected chi connectivity index (χ1v) is 7.02. The van der Waals surface area contributed by atoms with Crippen LogP contribution in [-0.2, 0) is 0 Å². The molecule has 0 aliphatic carbocycles. The van der Waals surface area contributed by atoms with Gasteiger partial charge in [-0.15, -0.1) is 0 Å². The number of hydrogen-bond donors (Lipinski definition) is 1. The molecule has 0 saturated heterocycles. The average Bonchev–Trinajstić information content (AvgIpc) is 2.48. The standard InChI is InChI=1S/C17H23N3/c1-14(15-9-11-18-12-10-15)19-17(13-20(2)3)16-7-5-4-6-8-16/h4-12,14,17,19H,13H2,1-3H3. The Morgan fingerprint density at radius 2 is 1.65 bits per heavy atom. The Labute approximate surface area is 121 Å². The zero-order valence-corrected chi connectivity index (χ0v) is 12.5. The molecular formula is C17H23N3. The zero-order chi connectivity index (χ0) is 14.4. The van der Waals surface area contributed by atoms with Gasteiger partial charge in [0.1, 0.15) is 0 Å². The van der Waals surface area contributed by atoms with Crippen LogP contribution >= 0.6 is 0 Å². The molecule has 106 valence electrons. The Kier molecular flexibility index (Phi) is 5.27. The second-order valence-corrected chi connectivity index (χ2v) is 5.39. The van der Waals surface area contributed by atoms with Crippen molar-refractivity contribution in [2.45, 2.75) is 19.0 Å². The maximum Gasteiger partial charge on any atom is 0.0453 e. The number of rotatable bonds is 6. The van der Waals surface area contributed by atoms with Crippen molar-refractivity contribution in [1.82, 2.24) is 15.2 Å². The lowest BCUT2D eigenvalue weighted by Gasteiger charge is -2.26. The molecule has 3 nitrogen and oxygen atoms in total. The van der Waals surface area contributed by atoms with Gasteiger partial charge in [-0.2, -0.15) is 0 Å². The first kappa shape index (κ1) is 14.7. The highest BCUT2D eigenvalue weighted by Crippen LogP contribution is 2.19. The van der Waals surface area contributed by atoms with E-state index in [0.29, 0.717) is 12.1 Å². The summed E-state index contributed by atoms with van der Waals surface area (Å²) in [4.78, 5) is 6.29. The minimum absolute atomic E-state index is 0.295. The number of pyridine rings is 1. The number of benzene rings is 1. The fourth-order valence-corrected chi connectivity index (χ4v) is 2.35. The number of hydrogen-bond acceptors (Lipinski definition) is 3. The molecule has 3 heteroatoms. The summed E-state index contributed by atoms with van der Waals surface area (Å²) in [5.74, 6) is 0. The SMILES string of the molecule is CC(NC(CN(C)C)c1ccccc1)c1ccncc1. The van der Waals surface area contributed by atoms with Gasteiger partial charge in [0.05, 0.1) is 0 Å². The molecule has 0 aliphatic rings. The van der Waals surface area contributed by atoms with Crippen molar-refractivity contribution in [2.24, 2.45) is 0 Å². The van der Waals surface area contributed by atoms with Crippen molar-refractivity contribution in [2.75, 3.05) is 20.6 Å². The first-order valence-electron chi connectivity index (χ1n) is 7.02. The van der Waals surface area contributed by atoms with E-state index in [1.807, 2.05) is 12.4 Å². The molecule has 2 rings (SSSR count). The number of nitrogens with one attached hydrogen (secondary N) is 1. The van der Waals surface area contributed by atoms with Gasteiger partial charge in [-0.25, -0.2) is 0 Å². The molecule has 0 amide bonds. The third-order valence-electron chi connectivity index (χ3n) is 3.41. The van der Waals surface area contributed by atoms with Crippen molar-refractivity contribution in [3.8, 4) is 0 Å². The monoisotopic (exact) mass is 269 g/mol. The third kappa shape index (κ3) is 4.15. The van der Waals surface area contributed by atoms with Gasteiger partial charge in [-0.3, -0.25) is 4.98 Å². The van der Waals surface area contributed by atoms with Gasteiger partial charge < -0.3 is 10.2 Å². The number of aromatic nitrogens is 1. The Hall–Kier alpha value is -1.71. The summed E-state index contributed by atoms with van der Waals surface area (Å²) in [6.07, 6.45) is 3.69. The van der Waals surface area contributed by atoms with Gasteiger partial charge in [0, 0.05) is 31.0 Å². The van der Waals surface area contributed by atoms with E-state index in [2.05, 4.69) is 78.7 Å². The summed E-state index contributed by atoms with van der Waals surface area (Å²) in [5.41, 5.74) is 2.58. The molecule has 0 fully saturated rings. The average molecular weight is 269 g/mol. The van der Waals surface area contributed by atoms with E-state index in [9.17, 15) is 0 Å². The summed E-state index contributed by atoms with van der Waals surface area (Å²) in [6, 6.07) is 15.3. The van der Waals surface area contributed by atoms with Crippen LogP contribution in [0.15, 0.2) is 54.9 Å². The molecule has 2 unspecified atom stereocenters. The molecule has 0 saturated carbocycles. The topological polar surface area (TPSA) is 28.2 Å². The van der Waals surface area contributed by atoms with Gasteiger partial charge in [0.15, 0.2) is 0 Å². The molecule has 1 heterocycles. The molecular weight excluding hydrogens is 246 g/mol. The number of nitrogens with zero attached hydrogens (tertiary/aromatic N) is 2. The Morgan fingerprint density at radius 1 is 1.00 bits per heavy atom. The van der Waals surface area contributed by atoms with Crippen LogP contribution in [0.3, 0.4) is 0 Å². The van der Waals surface area contributed by atoms with Gasteiger partial charge in [-0.05, 0) is 44.3 Å². The highest BCUT2D eigenvalue weighted by molar-refractivity contribution is 5.21. The molecule has 1 aromatic carbocycles. The summed E-state index contributed by atoms with van der Waals surface area (Å²) >= 11 is 0. The van der Waals surface area contributed by atoms with Crippen molar-refractivity contribution < 1.29 is 0 Å². The summed E-state index contributed by atoms with van der Waals surface area (Å²) < 4.78 is 0. The van der Waals surface area contributed by atoms with Gasteiger partial charge >= 0.3 is 0 Å². The predicted octanol–water partition coefficient (Wildman–Crippen LogP) is 3.04. The minimum atomic E-state index is 0.295. The summed E-state index contributed by atoms with van der Waals surface area (Å²) in [5, 5.41) is 3.71. The van der Waals surface area contributed by atoms with Gasteiger partial charge in [-0.1, -0.05) is 30.3 Å². The smallest absolute Gasteiger partial charge is 0.0453 e. The number of likely N-dealkylation sites (N-methyl/N-ethyl adjacent to an activating group) is 1. The van der Waals surface area contributed by atoms with Crippen molar-refractivity contribution >= 4 is 0 Å². The van der Waals surface area contributed by atoms with Crippen LogP contribution < -0.4 is 5.32 Å².